The summed E-state index contributed by atoms with van der Waals surface area (Å²) in [5.41, 5.74) is 0. The van der Waals surface area contributed by atoms with E-state index in [1.165, 1.54) is 14.0 Å². The van der Waals surface area contributed by atoms with Gasteiger partial charge in [-0.15, -0.1) is 0 Å². The number of aliphatic hydroxyl groups excluding tert-OH is 1. The van der Waals surface area contributed by atoms with Gasteiger partial charge in [-0.1, -0.05) is 0 Å². The third-order valence-corrected chi connectivity index (χ3v) is 1.06. The average molecular weight is 133 g/mol. The maximum absolute atomic E-state index is 10.1. The van der Waals surface area contributed by atoms with Crippen LogP contribution in [0.15, 0.2) is 0 Å². The number of rotatable bonds is 3. The monoisotopic (exact) mass is 133 g/mol. The molecule has 0 saturated heterocycles. The number of hydrogen-bond donors (Lipinski definition) is 3. The van der Waals surface area contributed by atoms with Crippen molar-refractivity contribution in [3.05, 3.63) is 0 Å². The summed E-state index contributed by atoms with van der Waals surface area (Å²) in [7, 11) is 1.49. The van der Waals surface area contributed by atoms with Crippen LogP contribution in [0.2, 0.25) is 0 Å². The lowest BCUT2D eigenvalue weighted by molar-refractivity contribution is -0.141. The summed E-state index contributed by atoms with van der Waals surface area (Å²) in [4.78, 5) is 10.1. The number of carboxylic acids is 1. The van der Waals surface area contributed by atoms with Gasteiger partial charge >= 0.3 is 5.97 Å². The molecule has 3 N–H and O–H groups in total. The van der Waals surface area contributed by atoms with Crippen molar-refractivity contribution in [2.45, 2.75) is 19.1 Å². The van der Waals surface area contributed by atoms with E-state index in [1.54, 1.807) is 0 Å². The van der Waals surface area contributed by atoms with E-state index >= 15 is 0 Å². The lowest BCUT2D eigenvalue weighted by Crippen LogP contribution is -2.42. The highest BCUT2D eigenvalue weighted by atomic mass is 16.4. The number of carboxylic acid groups (broad SMARTS) is 1. The second-order valence-corrected chi connectivity index (χ2v) is 1.85. The van der Waals surface area contributed by atoms with Crippen LogP contribution in [-0.4, -0.2) is 35.4 Å². The first kappa shape index (κ1) is 8.39. The summed E-state index contributed by atoms with van der Waals surface area (Å²) in [6, 6.07) is -0.856. The van der Waals surface area contributed by atoms with Crippen LogP contribution in [0.25, 0.3) is 0 Å². The van der Waals surface area contributed by atoms with Crippen molar-refractivity contribution in [2.24, 2.45) is 0 Å². The molecule has 0 heterocycles. The van der Waals surface area contributed by atoms with Gasteiger partial charge in [-0.3, -0.25) is 4.79 Å². The van der Waals surface area contributed by atoms with E-state index < -0.39 is 18.1 Å². The zero-order valence-corrected chi connectivity index (χ0v) is 5.46. The Hall–Kier alpha value is -0.610. The largest absolute Gasteiger partial charge is 0.480 e. The molecule has 2 atom stereocenters. The number of hydrogen-bond acceptors (Lipinski definition) is 3. The summed E-state index contributed by atoms with van der Waals surface area (Å²) in [6.45, 7) is 1.43. The Morgan fingerprint density at radius 1 is 1.67 bits per heavy atom. The second-order valence-electron chi connectivity index (χ2n) is 1.85. The second kappa shape index (κ2) is 3.42. The van der Waals surface area contributed by atoms with Gasteiger partial charge in [0.25, 0.3) is 0 Å². The van der Waals surface area contributed by atoms with E-state index in [1.807, 2.05) is 0 Å². The molecule has 0 amide bonds. The fourth-order valence-electron chi connectivity index (χ4n) is 0.571. The zero-order chi connectivity index (χ0) is 7.44. The number of aliphatic carboxylic acids is 1. The van der Waals surface area contributed by atoms with Gasteiger partial charge < -0.3 is 15.5 Å². The third-order valence-electron chi connectivity index (χ3n) is 1.06. The van der Waals surface area contributed by atoms with Crippen LogP contribution < -0.4 is 5.32 Å². The number of aliphatic hydroxyl groups is 1. The van der Waals surface area contributed by atoms with Crippen LogP contribution in [-0.2, 0) is 4.79 Å². The smallest absolute Gasteiger partial charge is 0.323 e. The van der Waals surface area contributed by atoms with Crippen LogP contribution in [0.1, 0.15) is 6.92 Å². The first-order valence-electron chi connectivity index (χ1n) is 2.67. The molecule has 0 spiro atoms. The Kier molecular flexibility index (Phi) is 3.19. The van der Waals surface area contributed by atoms with Crippen LogP contribution in [0, 0.1) is 0 Å². The third kappa shape index (κ3) is 2.43. The first-order valence-corrected chi connectivity index (χ1v) is 2.67. The molecule has 4 nitrogen and oxygen atoms in total. The first-order chi connectivity index (χ1) is 4.09. The van der Waals surface area contributed by atoms with Crippen molar-refractivity contribution in [2.75, 3.05) is 7.05 Å². The van der Waals surface area contributed by atoms with Crippen molar-refractivity contribution in [3.8, 4) is 0 Å². The molecule has 0 rings (SSSR count). The standard InChI is InChI=1S/C5H11NO3/c1-3(7)4(6-2)5(8)9/h3-4,6-7H,1-2H3,(H,8,9)/t3?,4-/m0/s1. The van der Waals surface area contributed by atoms with Crippen LogP contribution in [0.3, 0.4) is 0 Å². The minimum Gasteiger partial charge on any atom is -0.480 e. The van der Waals surface area contributed by atoms with E-state index in [4.69, 9.17) is 10.2 Å². The van der Waals surface area contributed by atoms with Crippen molar-refractivity contribution in [3.63, 3.8) is 0 Å². The molecule has 4 heteroatoms. The van der Waals surface area contributed by atoms with Crippen molar-refractivity contribution in [1.29, 1.82) is 0 Å². The highest BCUT2D eigenvalue weighted by Crippen LogP contribution is 1.89. The van der Waals surface area contributed by atoms with Crippen LogP contribution in [0.4, 0.5) is 0 Å². The number of nitrogens with one attached hydrogen (secondary N) is 1. The van der Waals surface area contributed by atoms with Crippen LogP contribution in [0.5, 0.6) is 0 Å². The van der Waals surface area contributed by atoms with Crippen molar-refractivity contribution < 1.29 is 15.0 Å². The average Bonchev–Trinajstić information content (AvgIpc) is 1.64. The SMILES string of the molecule is CN[C@H](C(=O)O)C(C)O. The summed E-state index contributed by atoms with van der Waals surface area (Å²) < 4.78 is 0. The van der Waals surface area contributed by atoms with E-state index in [0.29, 0.717) is 0 Å². The molecule has 0 aromatic carbocycles. The summed E-state index contributed by atoms with van der Waals surface area (Å²) in [5.74, 6) is -1.03. The van der Waals surface area contributed by atoms with E-state index in [0.717, 1.165) is 0 Å². The molecule has 0 aromatic heterocycles. The Balaban J connectivity index is 3.83. The molecule has 54 valence electrons. The van der Waals surface area contributed by atoms with Gasteiger partial charge in [0.1, 0.15) is 6.04 Å². The topological polar surface area (TPSA) is 69.6 Å². The van der Waals surface area contributed by atoms with Gasteiger partial charge in [0.05, 0.1) is 6.10 Å². The molecular formula is C5H11NO3. The molecule has 0 aliphatic rings. The maximum atomic E-state index is 10.1. The van der Waals surface area contributed by atoms with Gasteiger partial charge in [-0.25, -0.2) is 0 Å². The Morgan fingerprint density at radius 2 is 2.11 bits per heavy atom. The minimum atomic E-state index is -1.03. The fraction of sp³-hybridized carbons (Fsp3) is 0.800. The zero-order valence-electron chi connectivity index (χ0n) is 5.46. The molecule has 0 saturated carbocycles. The fourth-order valence-corrected chi connectivity index (χ4v) is 0.571. The van der Waals surface area contributed by atoms with E-state index in [9.17, 15) is 4.79 Å². The highest BCUT2D eigenvalue weighted by molar-refractivity contribution is 5.74. The molecule has 0 aromatic rings. The predicted molar refractivity (Wildman–Crippen MR) is 32.2 cm³/mol. The molecule has 0 aliphatic carbocycles. The van der Waals surface area contributed by atoms with Crippen molar-refractivity contribution >= 4 is 5.97 Å². The Morgan fingerprint density at radius 3 is 2.11 bits per heavy atom. The molecular weight excluding hydrogens is 122 g/mol. The number of carbonyl (C=O) groups is 1. The summed E-state index contributed by atoms with van der Waals surface area (Å²) in [6.07, 6.45) is -0.854. The van der Waals surface area contributed by atoms with Gasteiger partial charge in [0.2, 0.25) is 0 Å². The van der Waals surface area contributed by atoms with Crippen molar-refractivity contribution in [1.82, 2.24) is 5.32 Å². The normalized spacial score (nSPS) is 16.8. The lowest BCUT2D eigenvalue weighted by atomic mass is 10.2. The van der Waals surface area contributed by atoms with Crippen LogP contribution >= 0.6 is 0 Å². The molecule has 0 aliphatic heterocycles. The maximum Gasteiger partial charge on any atom is 0.323 e. The Labute approximate surface area is 53.5 Å². The number of likely N-dealkylation sites (N-methyl/N-ethyl adjacent to an activating group) is 1. The summed E-state index contributed by atoms with van der Waals surface area (Å²) >= 11 is 0. The minimum absolute atomic E-state index is 0.854. The Bertz CT molecular complexity index is 102. The molecule has 0 fully saturated rings. The van der Waals surface area contributed by atoms with Gasteiger partial charge in [-0.2, -0.15) is 0 Å². The van der Waals surface area contributed by atoms with Gasteiger partial charge in [0, 0.05) is 0 Å². The summed E-state index contributed by atoms with van der Waals surface area (Å²) in [5, 5.41) is 19.5. The molecule has 0 bridgehead atoms. The molecule has 9 heavy (non-hydrogen) atoms. The lowest BCUT2D eigenvalue weighted by Gasteiger charge is -2.12. The molecule has 1 unspecified atom stereocenters. The quantitative estimate of drug-likeness (QED) is 0.463. The predicted octanol–water partition coefficient (Wildman–Crippen LogP) is -0.960. The highest BCUT2D eigenvalue weighted by Gasteiger charge is 2.19. The van der Waals surface area contributed by atoms with E-state index in [-0.39, 0.29) is 0 Å². The van der Waals surface area contributed by atoms with E-state index in [2.05, 4.69) is 5.32 Å². The molecule has 0 radical (unpaired) electrons. The van der Waals surface area contributed by atoms with Gasteiger partial charge in [-0.05, 0) is 14.0 Å². The van der Waals surface area contributed by atoms with Gasteiger partial charge in [0.15, 0.2) is 0 Å².